The predicted octanol–water partition coefficient (Wildman–Crippen LogP) is 4.38. The smallest absolute Gasteiger partial charge is 0.316 e. The van der Waals surface area contributed by atoms with Gasteiger partial charge in [-0.05, 0) is 31.2 Å². The van der Waals surface area contributed by atoms with E-state index in [1.807, 2.05) is 6.07 Å². The van der Waals surface area contributed by atoms with E-state index in [2.05, 4.69) is 10.2 Å². The average molecular weight is 392 g/mol. The highest BCUT2D eigenvalue weighted by Gasteiger charge is 2.20. The summed E-state index contributed by atoms with van der Waals surface area (Å²) in [5, 5.41) is 9.15. The number of thioether (sulfide) groups is 1. The maximum absolute atomic E-state index is 14.4. The molecule has 26 heavy (non-hydrogen) atoms. The molecule has 0 aliphatic rings. The third-order valence-corrected chi connectivity index (χ3v) is 4.70. The molecule has 0 N–H and O–H groups in total. The molecule has 0 saturated heterocycles. The molecule has 1 heterocycles. The van der Waals surface area contributed by atoms with E-state index in [0.29, 0.717) is 28.2 Å². The Morgan fingerprint density at radius 1 is 1.19 bits per heavy atom. The predicted molar refractivity (Wildman–Crippen MR) is 99.1 cm³/mol. The molecular weight excluding hydrogens is 377 g/mol. The summed E-state index contributed by atoms with van der Waals surface area (Å²) in [6.07, 6.45) is 0. The third-order valence-electron chi connectivity index (χ3n) is 3.47. The van der Waals surface area contributed by atoms with Crippen molar-refractivity contribution in [2.75, 3.05) is 12.4 Å². The van der Waals surface area contributed by atoms with Crippen molar-refractivity contribution in [3.63, 3.8) is 0 Å². The quantitative estimate of drug-likeness (QED) is 0.461. The first-order valence-electron chi connectivity index (χ1n) is 7.85. The van der Waals surface area contributed by atoms with Gasteiger partial charge >= 0.3 is 5.97 Å². The van der Waals surface area contributed by atoms with E-state index in [0.717, 1.165) is 11.8 Å². The van der Waals surface area contributed by atoms with Crippen LogP contribution in [0.4, 0.5) is 4.39 Å². The highest BCUT2D eigenvalue weighted by atomic mass is 35.5. The van der Waals surface area contributed by atoms with Crippen molar-refractivity contribution in [2.24, 2.45) is 0 Å². The molecular formula is C18H15ClFN3O2S. The Morgan fingerprint density at radius 3 is 2.65 bits per heavy atom. The lowest BCUT2D eigenvalue weighted by molar-refractivity contribution is -0.139. The minimum Gasteiger partial charge on any atom is -0.465 e. The molecule has 0 aliphatic carbocycles. The van der Waals surface area contributed by atoms with Crippen LogP contribution in [0.2, 0.25) is 5.02 Å². The van der Waals surface area contributed by atoms with Crippen molar-refractivity contribution < 1.29 is 13.9 Å². The van der Waals surface area contributed by atoms with Gasteiger partial charge in [-0.1, -0.05) is 47.6 Å². The molecule has 0 saturated carbocycles. The Bertz CT molecular complexity index is 932. The first-order chi connectivity index (χ1) is 12.6. The number of esters is 1. The molecule has 0 atom stereocenters. The van der Waals surface area contributed by atoms with Gasteiger partial charge in [0.15, 0.2) is 11.0 Å². The van der Waals surface area contributed by atoms with Crippen LogP contribution in [-0.2, 0) is 9.53 Å². The van der Waals surface area contributed by atoms with Crippen LogP contribution in [0, 0.1) is 5.82 Å². The number of aromatic nitrogens is 3. The lowest BCUT2D eigenvalue weighted by atomic mass is 10.2. The van der Waals surface area contributed by atoms with E-state index in [-0.39, 0.29) is 17.4 Å². The second-order valence-electron chi connectivity index (χ2n) is 5.17. The Morgan fingerprint density at radius 2 is 1.92 bits per heavy atom. The van der Waals surface area contributed by atoms with Crippen molar-refractivity contribution in [2.45, 2.75) is 12.1 Å². The van der Waals surface area contributed by atoms with Crippen LogP contribution in [0.15, 0.2) is 53.7 Å². The van der Waals surface area contributed by atoms with E-state index in [4.69, 9.17) is 16.3 Å². The molecule has 0 spiro atoms. The summed E-state index contributed by atoms with van der Waals surface area (Å²) in [5.41, 5.74) is 0.895. The summed E-state index contributed by atoms with van der Waals surface area (Å²) in [4.78, 5) is 11.7. The molecule has 134 valence electrons. The Balaban J connectivity index is 2.08. The average Bonchev–Trinajstić information content (AvgIpc) is 3.04. The minimum absolute atomic E-state index is 0.0446. The fraction of sp³-hybridized carbons (Fsp3) is 0.167. The first-order valence-corrected chi connectivity index (χ1v) is 9.21. The molecule has 0 amide bonds. The third kappa shape index (κ3) is 3.89. The monoisotopic (exact) mass is 391 g/mol. The number of nitrogens with zero attached hydrogens (tertiary/aromatic N) is 3. The number of carbonyl (C=O) groups is 1. The number of para-hydroxylation sites is 1. The zero-order valence-corrected chi connectivity index (χ0v) is 15.4. The maximum Gasteiger partial charge on any atom is 0.316 e. The van der Waals surface area contributed by atoms with Crippen LogP contribution in [0.25, 0.3) is 17.1 Å². The minimum atomic E-state index is -0.432. The van der Waals surface area contributed by atoms with Crippen LogP contribution in [0.1, 0.15) is 6.92 Å². The van der Waals surface area contributed by atoms with Crippen LogP contribution in [0.3, 0.4) is 0 Å². The van der Waals surface area contributed by atoms with Crippen LogP contribution in [0.5, 0.6) is 0 Å². The zero-order valence-electron chi connectivity index (χ0n) is 13.9. The van der Waals surface area contributed by atoms with Gasteiger partial charge in [-0.25, -0.2) is 4.39 Å². The molecule has 8 heteroatoms. The number of halogens is 2. The van der Waals surface area contributed by atoms with Crippen LogP contribution >= 0.6 is 23.4 Å². The SMILES string of the molecule is CCOC(=O)CSc1nnc(-c2ccccc2Cl)n1-c1ccccc1F. The van der Waals surface area contributed by atoms with Crippen molar-refractivity contribution in [3.05, 3.63) is 59.4 Å². The van der Waals surface area contributed by atoms with E-state index in [9.17, 15) is 9.18 Å². The number of hydrogen-bond acceptors (Lipinski definition) is 5. The molecule has 5 nitrogen and oxygen atoms in total. The summed E-state index contributed by atoms with van der Waals surface area (Å²) in [6.45, 7) is 2.03. The standard InChI is InChI=1S/C18H15ClFN3O2S/c1-2-25-16(24)11-26-18-22-21-17(12-7-3-4-8-13(12)19)23(18)15-10-6-5-9-14(15)20/h3-10H,2,11H2,1H3. The molecule has 0 bridgehead atoms. The number of carbonyl (C=O) groups excluding carboxylic acids is 1. The molecule has 0 radical (unpaired) electrons. The van der Waals surface area contributed by atoms with Crippen molar-refractivity contribution in [3.8, 4) is 17.1 Å². The number of rotatable bonds is 6. The van der Waals surface area contributed by atoms with Gasteiger partial charge in [0.25, 0.3) is 0 Å². The van der Waals surface area contributed by atoms with Gasteiger partial charge in [0, 0.05) is 5.56 Å². The Hall–Kier alpha value is -2.38. The van der Waals surface area contributed by atoms with Gasteiger partial charge in [0.05, 0.1) is 23.1 Å². The lowest BCUT2D eigenvalue weighted by Gasteiger charge is -2.11. The molecule has 0 aliphatic heterocycles. The van der Waals surface area contributed by atoms with Crippen molar-refractivity contribution in [1.82, 2.24) is 14.8 Å². The molecule has 0 unspecified atom stereocenters. The Kier molecular flexibility index (Phi) is 5.90. The van der Waals surface area contributed by atoms with Gasteiger partial charge < -0.3 is 4.74 Å². The first kappa shape index (κ1) is 18.4. The molecule has 3 rings (SSSR count). The summed E-state index contributed by atoms with van der Waals surface area (Å²) in [7, 11) is 0. The topological polar surface area (TPSA) is 57.0 Å². The van der Waals surface area contributed by atoms with Gasteiger partial charge in [0.1, 0.15) is 5.82 Å². The molecule has 1 aromatic heterocycles. The number of benzene rings is 2. The second-order valence-corrected chi connectivity index (χ2v) is 6.52. The van der Waals surface area contributed by atoms with Gasteiger partial charge in [0.2, 0.25) is 0 Å². The summed E-state index contributed by atoms with van der Waals surface area (Å²) in [5.74, 6) is -0.367. The number of ether oxygens (including phenoxy) is 1. The summed E-state index contributed by atoms with van der Waals surface area (Å²) in [6, 6.07) is 13.4. The molecule has 2 aromatic carbocycles. The van der Waals surface area contributed by atoms with Gasteiger partial charge in [-0.3, -0.25) is 9.36 Å². The second kappa shape index (κ2) is 8.33. The summed E-state index contributed by atoms with van der Waals surface area (Å²) >= 11 is 7.41. The number of hydrogen-bond donors (Lipinski definition) is 0. The highest BCUT2D eigenvalue weighted by Crippen LogP contribution is 2.32. The van der Waals surface area contributed by atoms with E-state index in [1.54, 1.807) is 47.9 Å². The summed E-state index contributed by atoms with van der Waals surface area (Å²) < 4.78 is 20.9. The van der Waals surface area contributed by atoms with E-state index in [1.165, 1.54) is 6.07 Å². The van der Waals surface area contributed by atoms with E-state index < -0.39 is 5.82 Å². The van der Waals surface area contributed by atoms with Crippen LogP contribution in [-0.4, -0.2) is 33.1 Å². The zero-order chi connectivity index (χ0) is 18.5. The molecule has 0 fully saturated rings. The van der Waals surface area contributed by atoms with Gasteiger partial charge in [-0.15, -0.1) is 10.2 Å². The Labute approximate surface area is 159 Å². The lowest BCUT2D eigenvalue weighted by Crippen LogP contribution is -2.08. The van der Waals surface area contributed by atoms with Crippen molar-refractivity contribution >= 4 is 29.3 Å². The van der Waals surface area contributed by atoms with Crippen LogP contribution < -0.4 is 0 Å². The highest BCUT2D eigenvalue weighted by molar-refractivity contribution is 7.99. The van der Waals surface area contributed by atoms with Gasteiger partial charge in [-0.2, -0.15) is 0 Å². The fourth-order valence-electron chi connectivity index (χ4n) is 2.36. The normalized spacial score (nSPS) is 10.7. The molecule has 3 aromatic rings. The largest absolute Gasteiger partial charge is 0.465 e. The van der Waals surface area contributed by atoms with Crippen molar-refractivity contribution in [1.29, 1.82) is 0 Å². The fourth-order valence-corrected chi connectivity index (χ4v) is 3.32. The van der Waals surface area contributed by atoms with E-state index >= 15 is 0 Å². The maximum atomic E-state index is 14.4.